The quantitative estimate of drug-likeness (QED) is 0.868. The monoisotopic (exact) mass is 392 g/mol. The van der Waals surface area contributed by atoms with Crippen LogP contribution in [-0.4, -0.2) is 53.3 Å². The molecule has 1 aromatic heterocycles. The van der Waals surface area contributed by atoms with E-state index in [9.17, 15) is 9.59 Å². The lowest BCUT2D eigenvalue weighted by Gasteiger charge is -2.47. The van der Waals surface area contributed by atoms with Gasteiger partial charge in [0, 0.05) is 51.4 Å². The molecule has 0 bridgehead atoms. The number of nitrogens with zero attached hydrogens (tertiary/aromatic N) is 3. The second-order valence-corrected chi connectivity index (χ2v) is 8.21. The van der Waals surface area contributed by atoms with E-state index in [1.165, 1.54) is 5.56 Å². The van der Waals surface area contributed by atoms with E-state index in [2.05, 4.69) is 22.4 Å². The van der Waals surface area contributed by atoms with Crippen molar-refractivity contribution < 1.29 is 9.59 Å². The van der Waals surface area contributed by atoms with Gasteiger partial charge in [0.2, 0.25) is 5.91 Å². The van der Waals surface area contributed by atoms with Crippen LogP contribution in [0, 0.1) is 5.41 Å². The van der Waals surface area contributed by atoms with Gasteiger partial charge in [0.15, 0.2) is 0 Å². The number of piperidine rings is 2. The number of anilines is 1. The molecule has 29 heavy (non-hydrogen) atoms. The minimum Gasteiger partial charge on any atom is -0.373 e. The smallest absolute Gasteiger partial charge is 0.254 e. The molecule has 152 valence electrons. The Kier molecular flexibility index (Phi) is 5.51. The summed E-state index contributed by atoms with van der Waals surface area (Å²) in [5.41, 5.74) is 1.97. The van der Waals surface area contributed by atoms with Crippen LogP contribution in [0.4, 0.5) is 5.82 Å². The van der Waals surface area contributed by atoms with Crippen LogP contribution in [0.15, 0.2) is 48.7 Å². The Morgan fingerprint density at radius 3 is 2.62 bits per heavy atom. The molecule has 2 aliphatic heterocycles. The summed E-state index contributed by atoms with van der Waals surface area (Å²) in [6.45, 7) is 2.95. The first kappa shape index (κ1) is 19.4. The van der Waals surface area contributed by atoms with Crippen LogP contribution in [0.25, 0.3) is 0 Å². The molecular formula is C23H28N4O2. The number of nitrogens with one attached hydrogen (secondary N) is 1. The highest BCUT2D eigenvalue weighted by Crippen LogP contribution is 2.40. The third-order valence-electron chi connectivity index (χ3n) is 6.34. The molecule has 0 aliphatic carbocycles. The topological polar surface area (TPSA) is 65.5 Å². The minimum absolute atomic E-state index is 0.0618. The second kappa shape index (κ2) is 8.23. The number of aromatic nitrogens is 1. The predicted octanol–water partition coefficient (Wildman–Crippen LogP) is 3.17. The van der Waals surface area contributed by atoms with E-state index in [-0.39, 0.29) is 17.2 Å². The summed E-state index contributed by atoms with van der Waals surface area (Å²) < 4.78 is 0. The number of carbonyl (C=O) groups excluding carboxylic acids is 2. The maximum atomic E-state index is 12.9. The highest BCUT2D eigenvalue weighted by Gasteiger charge is 2.41. The molecular weight excluding hydrogens is 364 g/mol. The van der Waals surface area contributed by atoms with E-state index in [0.29, 0.717) is 24.3 Å². The van der Waals surface area contributed by atoms with Gasteiger partial charge in [-0.2, -0.15) is 0 Å². The summed E-state index contributed by atoms with van der Waals surface area (Å²) in [7, 11) is 1.80. The largest absolute Gasteiger partial charge is 0.373 e. The number of amides is 2. The summed E-state index contributed by atoms with van der Waals surface area (Å²) in [5.74, 6) is 1.01. The second-order valence-electron chi connectivity index (χ2n) is 8.21. The molecule has 3 heterocycles. The van der Waals surface area contributed by atoms with E-state index in [0.717, 1.165) is 38.9 Å². The average Bonchev–Trinajstić information content (AvgIpc) is 2.77. The maximum absolute atomic E-state index is 12.9. The van der Waals surface area contributed by atoms with Gasteiger partial charge in [-0.1, -0.05) is 30.3 Å². The number of carbonyl (C=O) groups is 2. The van der Waals surface area contributed by atoms with Crippen LogP contribution < -0.4 is 5.32 Å². The predicted molar refractivity (Wildman–Crippen MR) is 112 cm³/mol. The Hall–Kier alpha value is -2.89. The van der Waals surface area contributed by atoms with Crippen molar-refractivity contribution in [2.45, 2.75) is 32.2 Å². The summed E-state index contributed by atoms with van der Waals surface area (Å²) in [6, 6.07) is 13.7. The van der Waals surface area contributed by atoms with Gasteiger partial charge >= 0.3 is 0 Å². The van der Waals surface area contributed by atoms with Gasteiger partial charge in [0.1, 0.15) is 5.82 Å². The Morgan fingerprint density at radius 2 is 1.90 bits per heavy atom. The molecule has 1 spiro atoms. The zero-order valence-corrected chi connectivity index (χ0v) is 16.9. The van der Waals surface area contributed by atoms with Crippen molar-refractivity contribution in [2.24, 2.45) is 5.41 Å². The lowest BCUT2D eigenvalue weighted by atomic mass is 9.72. The molecule has 1 N–H and O–H groups in total. The van der Waals surface area contributed by atoms with Crippen LogP contribution >= 0.6 is 0 Å². The fourth-order valence-corrected chi connectivity index (χ4v) is 4.53. The molecule has 2 fully saturated rings. The van der Waals surface area contributed by atoms with Gasteiger partial charge in [-0.05, 0) is 42.4 Å². The zero-order valence-electron chi connectivity index (χ0n) is 16.9. The fourth-order valence-electron chi connectivity index (χ4n) is 4.53. The number of rotatable bonds is 4. The third kappa shape index (κ3) is 4.26. The van der Waals surface area contributed by atoms with E-state index in [1.54, 1.807) is 25.4 Å². The number of likely N-dealkylation sites (tertiary alicyclic amines) is 2. The van der Waals surface area contributed by atoms with E-state index in [4.69, 9.17) is 0 Å². The zero-order chi connectivity index (χ0) is 20.3. The SMILES string of the molecule is CNc1cc(C(=O)N2CCC3(CCC(=O)N(Cc4ccccc4)C3)CC2)ccn1. The van der Waals surface area contributed by atoms with Crippen molar-refractivity contribution in [3.05, 3.63) is 59.8 Å². The van der Waals surface area contributed by atoms with E-state index >= 15 is 0 Å². The molecule has 0 saturated carbocycles. The Balaban J connectivity index is 1.40. The molecule has 0 unspecified atom stereocenters. The molecule has 2 saturated heterocycles. The lowest BCUT2D eigenvalue weighted by Crippen LogP contribution is -2.52. The van der Waals surface area contributed by atoms with Crippen molar-refractivity contribution in [1.29, 1.82) is 0 Å². The van der Waals surface area contributed by atoms with Gasteiger partial charge in [0.05, 0.1) is 0 Å². The van der Waals surface area contributed by atoms with Gasteiger partial charge in [-0.15, -0.1) is 0 Å². The number of hydrogen-bond acceptors (Lipinski definition) is 4. The summed E-state index contributed by atoms with van der Waals surface area (Å²) in [6.07, 6.45) is 5.09. The van der Waals surface area contributed by atoms with Crippen LogP contribution in [0.2, 0.25) is 0 Å². The number of pyridine rings is 1. The maximum Gasteiger partial charge on any atom is 0.254 e. The van der Waals surface area contributed by atoms with Crippen LogP contribution in [0.3, 0.4) is 0 Å². The summed E-state index contributed by atoms with van der Waals surface area (Å²) >= 11 is 0. The molecule has 0 radical (unpaired) electrons. The number of hydrogen-bond donors (Lipinski definition) is 1. The summed E-state index contributed by atoms with van der Waals surface area (Å²) in [4.78, 5) is 33.5. The summed E-state index contributed by atoms with van der Waals surface area (Å²) in [5, 5.41) is 2.98. The first-order chi connectivity index (χ1) is 14.1. The van der Waals surface area contributed by atoms with Gasteiger partial charge in [-0.25, -0.2) is 4.98 Å². The van der Waals surface area contributed by atoms with Crippen LogP contribution in [-0.2, 0) is 11.3 Å². The molecule has 2 amide bonds. The van der Waals surface area contributed by atoms with E-state index < -0.39 is 0 Å². The van der Waals surface area contributed by atoms with Crippen molar-refractivity contribution in [3.8, 4) is 0 Å². The molecule has 4 rings (SSSR count). The Bertz CT molecular complexity index is 875. The normalized spacial score (nSPS) is 18.7. The van der Waals surface area contributed by atoms with Crippen molar-refractivity contribution in [3.63, 3.8) is 0 Å². The molecule has 6 heteroatoms. The first-order valence-corrected chi connectivity index (χ1v) is 10.3. The Morgan fingerprint density at radius 1 is 1.14 bits per heavy atom. The average molecular weight is 393 g/mol. The standard InChI is InChI=1S/C23H28N4O2/c1-24-20-15-19(8-12-25-20)22(29)26-13-10-23(11-14-26)9-7-21(28)27(17-23)16-18-5-3-2-4-6-18/h2-6,8,12,15H,7,9-11,13-14,16-17H2,1H3,(H,24,25). The third-order valence-corrected chi connectivity index (χ3v) is 6.34. The van der Waals surface area contributed by atoms with E-state index in [1.807, 2.05) is 28.0 Å². The molecule has 2 aromatic rings. The Labute approximate surface area is 171 Å². The van der Waals surface area contributed by atoms with Gasteiger partial charge in [-0.3, -0.25) is 9.59 Å². The van der Waals surface area contributed by atoms with Gasteiger partial charge in [0.25, 0.3) is 5.91 Å². The molecule has 0 atom stereocenters. The number of benzene rings is 1. The minimum atomic E-state index is 0.0618. The fraction of sp³-hybridized carbons (Fsp3) is 0.435. The van der Waals surface area contributed by atoms with Crippen LogP contribution in [0.1, 0.15) is 41.6 Å². The van der Waals surface area contributed by atoms with Crippen molar-refractivity contribution in [1.82, 2.24) is 14.8 Å². The molecule has 1 aromatic carbocycles. The highest BCUT2D eigenvalue weighted by molar-refractivity contribution is 5.94. The van der Waals surface area contributed by atoms with Gasteiger partial charge < -0.3 is 15.1 Å². The van der Waals surface area contributed by atoms with Crippen molar-refractivity contribution in [2.75, 3.05) is 32.0 Å². The lowest BCUT2D eigenvalue weighted by molar-refractivity contribution is -0.139. The highest BCUT2D eigenvalue weighted by atomic mass is 16.2. The first-order valence-electron chi connectivity index (χ1n) is 10.3. The van der Waals surface area contributed by atoms with Crippen LogP contribution in [0.5, 0.6) is 0 Å². The molecule has 6 nitrogen and oxygen atoms in total. The molecule has 2 aliphatic rings. The van der Waals surface area contributed by atoms with Crippen molar-refractivity contribution >= 4 is 17.6 Å².